The molecule has 0 amide bonds. The van der Waals surface area contributed by atoms with Crippen LogP contribution in [0.2, 0.25) is 0 Å². The van der Waals surface area contributed by atoms with Crippen molar-refractivity contribution < 1.29 is 9.90 Å². The Labute approximate surface area is 221 Å². The number of aliphatic hydroxyl groups is 1. The van der Waals surface area contributed by atoms with E-state index in [-0.39, 0.29) is 5.41 Å². The molecular weight excluding hydrogens is 458 g/mol. The van der Waals surface area contributed by atoms with Gasteiger partial charge in [0.25, 0.3) is 0 Å². The molecule has 6 saturated carbocycles. The van der Waals surface area contributed by atoms with Crippen LogP contribution in [0.25, 0.3) is 0 Å². The Morgan fingerprint density at radius 3 is 2.54 bits per heavy atom. The number of rotatable bonds is 4. The number of carbonyl (C=O) groups excluding carboxylic acids is 1. The third kappa shape index (κ3) is 3.65. The number of nitriles is 1. The fourth-order valence-corrected chi connectivity index (χ4v) is 11.3. The Morgan fingerprint density at radius 2 is 1.78 bits per heavy atom. The summed E-state index contributed by atoms with van der Waals surface area (Å²) in [6, 6.07) is 2.34. The lowest BCUT2D eigenvalue weighted by molar-refractivity contribution is -0.105. The molecule has 0 saturated heterocycles. The zero-order chi connectivity index (χ0) is 25.5. The largest absolute Gasteiger partial charge is 0.390 e. The van der Waals surface area contributed by atoms with Crippen LogP contribution in [0.1, 0.15) is 108 Å². The van der Waals surface area contributed by atoms with Gasteiger partial charge in [-0.3, -0.25) is 4.68 Å². The summed E-state index contributed by atoms with van der Waals surface area (Å²) in [5.74, 6) is 8.36. The Hall–Kier alpha value is -1.89. The number of nitrogens with zero attached hydrogens (tertiary/aromatic N) is 3. The zero-order valence-electron chi connectivity index (χ0n) is 22.7. The molecule has 0 aliphatic heterocycles. The maximum atomic E-state index is 12.7. The Balaban J connectivity index is 1.20. The van der Waals surface area contributed by atoms with E-state index in [0.717, 1.165) is 60.6 Å². The second-order valence-electron chi connectivity index (χ2n) is 14.5. The van der Waals surface area contributed by atoms with Gasteiger partial charge in [-0.15, -0.1) is 0 Å². The van der Waals surface area contributed by atoms with Crippen LogP contribution in [0.4, 0.5) is 0 Å². The smallest absolute Gasteiger partial charge is 0.125 e. The highest BCUT2D eigenvalue weighted by atomic mass is 16.3. The number of hydrogen-bond acceptors (Lipinski definition) is 4. The fourth-order valence-electron chi connectivity index (χ4n) is 11.3. The molecule has 7 rings (SSSR count). The molecule has 0 aromatic carbocycles. The summed E-state index contributed by atoms with van der Waals surface area (Å²) >= 11 is 0. The molecule has 6 fully saturated rings. The van der Waals surface area contributed by atoms with E-state index in [1.807, 2.05) is 4.68 Å². The molecule has 1 aromatic rings. The van der Waals surface area contributed by atoms with Crippen LogP contribution in [-0.2, 0) is 11.3 Å². The summed E-state index contributed by atoms with van der Waals surface area (Å²) < 4.78 is 1.99. The average molecular weight is 502 g/mol. The number of aromatic nitrogens is 2. The monoisotopic (exact) mass is 501 g/mol. The van der Waals surface area contributed by atoms with Crippen LogP contribution in [0.15, 0.2) is 11.8 Å². The maximum absolute atomic E-state index is 12.7. The van der Waals surface area contributed by atoms with E-state index < -0.39 is 5.60 Å². The molecule has 198 valence electrons. The summed E-state index contributed by atoms with van der Waals surface area (Å²) in [5.41, 5.74) is 2.37. The van der Waals surface area contributed by atoms with Crippen molar-refractivity contribution in [3.8, 4) is 6.07 Å². The van der Waals surface area contributed by atoms with E-state index in [1.54, 1.807) is 6.20 Å². The molecule has 6 aliphatic carbocycles. The minimum atomic E-state index is -0.465. The van der Waals surface area contributed by atoms with Crippen molar-refractivity contribution >= 4 is 5.94 Å². The predicted molar refractivity (Wildman–Crippen MR) is 141 cm³/mol. The summed E-state index contributed by atoms with van der Waals surface area (Å²) in [6.07, 6.45) is 16.1. The molecule has 5 heteroatoms. The molecule has 0 bridgehead atoms. The molecule has 0 radical (unpaired) electrons. The van der Waals surface area contributed by atoms with E-state index in [2.05, 4.69) is 31.0 Å². The summed E-state index contributed by atoms with van der Waals surface area (Å²) in [5, 5.41) is 25.0. The number of hydrogen-bond donors (Lipinski definition) is 1. The standard InChI is InChI=1S/C32H43N3O2/c1-31(37)12-10-23-20(14-31)8-9-27-24(23)11-13-32(2)28(25-4-3-5-26(25)29(27)32)22(18-36)17-35-30(19-6-7-19)21(15-33)16-34-35/h16,19-20,23-29,37H,3-14,17H2,1-2H3/t20?,23-,24+,25-,26+,27?,28-,29?,31+,32+/m0/s1. The van der Waals surface area contributed by atoms with Crippen LogP contribution in [0, 0.1) is 64.1 Å². The molecule has 1 heterocycles. The second kappa shape index (κ2) is 8.56. The van der Waals surface area contributed by atoms with Gasteiger partial charge in [0, 0.05) is 17.4 Å². The zero-order valence-corrected chi connectivity index (χ0v) is 22.7. The van der Waals surface area contributed by atoms with Gasteiger partial charge >= 0.3 is 0 Å². The van der Waals surface area contributed by atoms with Gasteiger partial charge in [-0.25, -0.2) is 4.79 Å². The maximum Gasteiger partial charge on any atom is 0.125 e. The summed E-state index contributed by atoms with van der Waals surface area (Å²) in [4.78, 5) is 12.7. The summed E-state index contributed by atoms with van der Waals surface area (Å²) in [6.45, 7) is 5.11. The van der Waals surface area contributed by atoms with Crippen molar-refractivity contribution in [1.82, 2.24) is 9.78 Å². The highest BCUT2D eigenvalue weighted by Crippen LogP contribution is 2.71. The first kappa shape index (κ1) is 24.2. The molecule has 0 spiro atoms. The predicted octanol–water partition coefficient (Wildman–Crippen LogP) is 6.05. The van der Waals surface area contributed by atoms with Crippen molar-refractivity contribution in [3.05, 3.63) is 23.0 Å². The number of allylic oxidation sites excluding steroid dienone is 1. The van der Waals surface area contributed by atoms with Gasteiger partial charge in [0.2, 0.25) is 0 Å². The van der Waals surface area contributed by atoms with Crippen LogP contribution < -0.4 is 0 Å². The Kier molecular flexibility index (Phi) is 5.59. The van der Waals surface area contributed by atoms with Crippen LogP contribution in [-0.4, -0.2) is 26.4 Å². The normalized spacial score (nSPS) is 46.2. The van der Waals surface area contributed by atoms with Crippen molar-refractivity contribution in [1.29, 1.82) is 5.26 Å². The lowest BCUT2D eigenvalue weighted by Gasteiger charge is -2.57. The van der Waals surface area contributed by atoms with Gasteiger partial charge in [-0.05, 0) is 124 Å². The Morgan fingerprint density at radius 1 is 1.03 bits per heavy atom. The SMILES string of the molecule is C[C@@]1(O)CC[C@H]2C(CCC3C4[C@@H]5CCC[C@@H]5[C@H](C(=C=O)Cn5ncc(C#N)c5C5CC5)[C@@]4(C)CC[C@@H]32)C1. The second-order valence-corrected chi connectivity index (χ2v) is 14.5. The molecular formula is C32H43N3O2. The van der Waals surface area contributed by atoms with E-state index >= 15 is 0 Å². The lowest BCUT2D eigenvalue weighted by atomic mass is 9.48. The molecule has 5 nitrogen and oxygen atoms in total. The molecule has 6 aliphatic rings. The quantitative estimate of drug-likeness (QED) is 0.510. The molecule has 37 heavy (non-hydrogen) atoms. The van der Waals surface area contributed by atoms with E-state index in [4.69, 9.17) is 0 Å². The van der Waals surface area contributed by atoms with Gasteiger partial charge < -0.3 is 5.11 Å². The van der Waals surface area contributed by atoms with Crippen molar-refractivity contribution in [2.75, 3.05) is 0 Å². The van der Waals surface area contributed by atoms with Crippen molar-refractivity contribution in [3.63, 3.8) is 0 Å². The lowest BCUT2D eigenvalue weighted by Crippen LogP contribution is -2.51. The first-order valence-corrected chi connectivity index (χ1v) is 15.3. The van der Waals surface area contributed by atoms with Gasteiger partial charge in [-0.2, -0.15) is 10.4 Å². The van der Waals surface area contributed by atoms with Gasteiger partial charge in [-0.1, -0.05) is 13.3 Å². The third-order valence-electron chi connectivity index (χ3n) is 12.5. The average Bonchev–Trinajstić information content (AvgIpc) is 3.36. The van der Waals surface area contributed by atoms with Crippen molar-refractivity contribution in [2.45, 2.75) is 109 Å². The van der Waals surface area contributed by atoms with E-state index in [9.17, 15) is 15.2 Å². The molecule has 3 unspecified atom stereocenters. The topological polar surface area (TPSA) is 78.9 Å². The van der Waals surface area contributed by atoms with Crippen LogP contribution in [0.3, 0.4) is 0 Å². The van der Waals surface area contributed by atoms with Crippen LogP contribution >= 0.6 is 0 Å². The first-order valence-electron chi connectivity index (χ1n) is 15.3. The van der Waals surface area contributed by atoms with Gasteiger partial charge in [0.1, 0.15) is 12.0 Å². The van der Waals surface area contributed by atoms with E-state index in [0.29, 0.717) is 41.7 Å². The van der Waals surface area contributed by atoms with Crippen LogP contribution in [0.5, 0.6) is 0 Å². The van der Waals surface area contributed by atoms with Gasteiger partial charge in [0.15, 0.2) is 0 Å². The third-order valence-corrected chi connectivity index (χ3v) is 12.5. The Bertz CT molecular complexity index is 1170. The molecule has 1 N–H and O–H groups in total. The number of fused-ring (bicyclic) bond motifs is 7. The first-order chi connectivity index (χ1) is 17.8. The van der Waals surface area contributed by atoms with Gasteiger partial charge in [0.05, 0.1) is 29.6 Å². The molecule has 1 aromatic heterocycles. The van der Waals surface area contributed by atoms with Crippen molar-refractivity contribution in [2.24, 2.45) is 52.8 Å². The van der Waals surface area contributed by atoms with E-state index in [1.165, 1.54) is 51.4 Å². The minimum absolute atomic E-state index is 0.168. The fraction of sp³-hybridized carbons (Fsp3) is 0.812. The molecule has 10 atom stereocenters. The minimum Gasteiger partial charge on any atom is -0.390 e. The highest BCUT2D eigenvalue weighted by molar-refractivity contribution is 5.55. The highest BCUT2D eigenvalue weighted by Gasteiger charge is 2.65. The summed E-state index contributed by atoms with van der Waals surface area (Å²) in [7, 11) is 0.